The van der Waals surface area contributed by atoms with Crippen molar-refractivity contribution in [1.82, 2.24) is 34.5 Å². The molecule has 4 heterocycles. The summed E-state index contributed by atoms with van der Waals surface area (Å²) in [5.74, 6) is 2.36. The molecule has 4 rings (SSSR count). The van der Waals surface area contributed by atoms with Crippen molar-refractivity contribution in [2.45, 2.75) is 78.3 Å². The third-order valence-corrected chi connectivity index (χ3v) is 5.35. The highest BCUT2D eigenvalue weighted by atomic mass is 32.3. The van der Waals surface area contributed by atoms with Gasteiger partial charge in [-0.05, 0) is 18.9 Å². The van der Waals surface area contributed by atoms with Crippen LogP contribution < -0.4 is 22.2 Å². The van der Waals surface area contributed by atoms with Gasteiger partial charge in [0.25, 0.3) is 0 Å². The zero-order valence-electron chi connectivity index (χ0n) is 24.0. The lowest BCUT2D eigenvalue weighted by Crippen LogP contribution is -2.04. The van der Waals surface area contributed by atoms with Crippen LogP contribution >= 0.6 is 0 Å². The Hall–Kier alpha value is -4.29. The van der Waals surface area contributed by atoms with E-state index in [1.165, 1.54) is 44.9 Å². The van der Waals surface area contributed by atoms with Crippen molar-refractivity contribution in [1.29, 1.82) is 0 Å². The molecule has 0 aliphatic carbocycles. The van der Waals surface area contributed by atoms with Crippen molar-refractivity contribution in [2.75, 3.05) is 17.2 Å². The second-order valence-electron chi connectivity index (χ2n) is 8.80. The SMILES string of the molecule is CCCCCCn1ncc(N=Nc2ncc[nH]2)c1N.CCCCCCn1nccc1N.Nc1[nH]cc[nH+]1.O=S(=O)([O-])[O-]. The van der Waals surface area contributed by atoms with Crippen LogP contribution in [-0.4, -0.2) is 52.0 Å². The number of azo groups is 1. The van der Waals surface area contributed by atoms with Gasteiger partial charge in [-0.2, -0.15) is 10.2 Å². The van der Waals surface area contributed by atoms with Crippen LogP contribution in [0.5, 0.6) is 0 Å². The maximum absolute atomic E-state index is 8.52. The number of imidazole rings is 2. The second-order valence-corrected chi connectivity index (χ2v) is 9.61. The molecule has 0 radical (unpaired) electrons. The van der Waals surface area contributed by atoms with E-state index in [1.807, 2.05) is 10.7 Å². The van der Waals surface area contributed by atoms with Crippen molar-refractivity contribution < 1.29 is 22.5 Å². The van der Waals surface area contributed by atoms with E-state index in [0.29, 0.717) is 23.4 Å². The Balaban J connectivity index is 0.000000324. The fourth-order valence-electron chi connectivity index (χ4n) is 3.26. The van der Waals surface area contributed by atoms with Crippen LogP contribution in [0.25, 0.3) is 0 Å². The Bertz CT molecular complexity index is 1330. The van der Waals surface area contributed by atoms with E-state index in [9.17, 15) is 0 Å². The summed E-state index contributed by atoms with van der Waals surface area (Å²) < 4.78 is 37.7. The van der Waals surface area contributed by atoms with E-state index in [2.05, 4.69) is 54.2 Å². The molecular weight excluding hydrogens is 566 g/mol. The molecular formula is C24H42N13O4S-. The Morgan fingerprint density at radius 3 is 1.98 bits per heavy atom. The summed E-state index contributed by atoms with van der Waals surface area (Å²) in [5, 5.41) is 16.3. The number of aryl methyl sites for hydroxylation is 2. The third kappa shape index (κ3) is 17.4. The molecule has 0 amide bonds. The lowest BCUT2D eigenvalue weighted by atomic mass is 10.2. The van der Waals surface area contributed by atoms with Gasteiger partial charge in [-0.3, -0.25) is 18.8 Å². The molecule has 4 aromatic rings. The minimum Gasteiger partial charge on any atom is -0.759 e. The standard InChI is InChI=1S/C12H19N7.C9H17N3.C3H5N3.H2O4S/c1-2-3-4-5-8-19-11(13)10(9-16-19)17-18-12-14-6-7-15-12;1-2-3-4-5-8-12-9(10)6-7-11-12;4-3-5-1-2-6-3;1-5(2,3)4/h6-7,9H,2-5,8,13H2,1H3,(H,14,15);6-7H,2-5,8,10H2,1H3;1-2H,(H3,4,5,6);(H2,1,2,3,4)/p-1. The van der Waals surface area contributed by atoms with Gasteiger partial charge in [0.15, 0.2) is 0 Å². The van der Waals surface area contributed by atoms with Gasteiger partial charge in [-0.25, -0.2) is 19.6 Å². The maximum Gasteiger partial charge on any atom is 0.350 e. The largest absolute Gasteiger partial charge is 0.759 e. The van der Waals surface area contributed by atoms with Gasteiger partial charge >= 0.3 is 5.95 Å². The van der Waals surface area contributed by atoms with Crippen molar-refractivity contribution in [3.63, 3.8) is 0 Å². The summed E-state index contributed by atoms with van der Waals surface area (Å²) in [4.78, 5) is 12.2. The number of aromatic amines is 3. The number of nitrogens with zero attached hydrogens (tertiary/aromatic N) is 7. The normalized spacial score (nSPS) is 10.8. The third-order valence-electron chi connectivity index (χ3n) is 5.35. The summed E-state index contributed by atoms with van der Waals surface area (Å²) in [6, 6.07) is 1.83. The number of nitrogen functional groups attached to an aromatic ring is 3. The highest BCUT2D eigenvalue weighted by Gasteiger charge is 2.06. The second kappa shape index (κ2) is 20.6. The molecule has 18 heteroatoms. The molecule has 0 atom stereocenters. The molecule has 0 aliphatic rings. The van der Waals surface area contributed by atoms with Crippen LogP contribution in [0, 0.1) is 0 Å². The number of hydrogen-bond donors (Lipinski definition) is 5. The first-order valence-electron chi connectivity index (χ1n) is 13.5. The first kappa shape index (κ1) is 35.7. The smallest absolute Gasteiger partial charge is 0.350 e. The Morgan fingerprint density at radius 2 is 1.52 bits per heavy atom. The highest BCUT2D eigenvalue weighted by molar-refractivity contribution is 7.79. The van der Waals surface area contributed by atoms with Crippen molar-refractivity contribution in [3.8, 4) is 0 Å². The van der Waals surface area contributed by atoms with Crippen molar-refractivity contribution in [2.24, 2.45) is 10.2 Å². The van der Waals surface area contributed by atoms with Crippen LogP contribution in [0.4, 0.5) is 29.2 Å². The molecule has 42 heavy (non-hydrogen) atoms. The quantitative estimate of drug-likeness (QED) is 0.0676. The van der Waals surface area contributed by atoms with E-state index < -0.39 is 10.4 Å². The summed E-state index contributed by atoms with van der Waals surface area (Å²) in [6.45, 7) is 6.18. The molecule has 0 unspecified atom stereocenters. The molecule has 0 aromatic carbocycles. The van der Waals surface area contributed by atoms with Gasteiger partial charge < -0.3 is 25.6 Å². The number of anilines is 3. The molecule has 0 spiro atoms. The molecule has 0 saturated heterocycles. The fourth-order valence-corrected chi connectivity index (χ4v) is 3.26. The number of aromatic nitrogens is 8. The average molecular weight is 609 g/mol. The number of unbranched alkanes of at least 4 members (excludes halogenated alkanes) is 6. The number of hydrogen-bond acceptors (Lipinski definition) is 12. The summed E-state index contributed by atoms with van der Waals surface area (Å²) in [7, 11) is -5.17. The van der Waals surface area contributed by atoms with E-state index in [-0.39, 0.29) is 0 Å². The van der Waals surface area contributed by atoms with Crippen LogP contribution in [0.15, 0.2) is 53.5 Å². The molecule has 17 nitrogen and oxygen atoms in total. The van der Waals surface area contributed by atoms with Crippen molar-refractivity contribution in [3.05, 3.63) is 43.2 Å². The minimum absolute atomic E-state index is 0.454. The Kier molecular flexibility index (Phi) is 17.5. The van der Waals surface area contributed by atoms with E-state index >= 15 is 0 Å². The number of nitrogens with one attached hydrogen (secondary N) is 3. The summed E-state index contributed by atoms with van der Waals surface area (Å²) in [6.07, 6.45) is 19.9. The highest BCUT2D eigenvalue weighted by Crippen LogP contribution is 2.23. The number of nitrogens with two attached hydrogens (primary N) is 3. The zero-order valence-corrected chi connectivity index (χ0v) is 24.8. The van der Waals surface area contributed by atoms with Gasteiger partial charge in [0, 0.05) is 35.9 Å². The van der Waals surface area contributed by atoms with Gasteiger partial charge in [-0.15, -0.1) is 10.2 Å². The minimum atomic E-state index is -5.17. The van der Waals surface area contributed by atoms with E-state index in [0.717, 1.165) is 25.3 Å². The predicted octanol–water partition coefficient (Wildman–Crippen LogP) is 3.30. The summed E-state index contributed by atoms with van der Waals surface area (Å²) in [5.41, 5.74) is 17.4. The van der Waals surface area contributed by atoms with Gasteiger partial charge in [0.1, 0.15) is 17.3 Å². The number of rotatable bonds is 12. The maximum atomic E-state index is 8.52. The first-order chi connectivity index (χ1) is 20.0. The fraction of sp³-hybridized carbons (Fsp3) is 0.500. The van der Waals surface area contributed by atoms with E-state index in [4.69, 9.17) is 34.7 Å². The molecule has 9 N–H and O–H groups in total. The Morgan fingerprint density at radius 1 is 0.881 bits per heavy atom. The first-order valence-corrected chi connectivity index (χ1v) is 14.8. The van der Waals surface area contributed by atoms with Crippen molar-refractivity contribution >= 4 is 39.6 Å². The molecule has 0 saturated carbocycles. The Labute approximate surface area is 245 Å². The summed E-state index contributed by atoms with van der Waals surface area (Å²) >= 11 is 0. The zero-order chi connectivity index (χ0) is 31.2. The van der Waals surface area contributed by atoms with Gasteiger partial charge in [0.05, 0.1) is 24.8 Å². The molecule has 0 bridgehead atoms. The molecule has 234 valence electrons. The molecule has 4 aromatic heterocycles. The lowest BCUT2D eigenvalue weighted by Gasteiger charge is -2.06. The lowest BCUT2D eigenvalue weighted by molar-refractivity contribution is -0.357. The topological polar surface area (TPSA) is 277 Å². The van der Waals surface area contributed by atoms with Gasteiger partial charge in [-0.1, -0.05) is 52.4 Å². The van der Waals surface area contributed by atoms with Crippen LogP contribution in [-0.2, 0) is 23.5 Å². The molecule has 0 aliphatic heterocycles. The molecule has 0 fully saturated rings. The van der Waals surface area contributed by atoms with Crippen LogP contribution in [0.1, 0.15) is 65.2 Å². The average Bonchev–Trinajstić information content (AvgIpc) is 3.75. The monoisotopic (exact) mass is 608 g/mol. The van der Waals surface area contributed by atoms with Gasteiger partial charge in [0.2, 0.25) is 5.95 Å². The predicted molar refractivity (Wildman–Crippen MR) is 157 cm³/mol. The number of H-pyrrole nitrogens is 3. The van der Waals surface area contributed by atoms with Crippen LogP contribution in [0.3, 0.4) is 0 Å². The van der Waals surface area contributed by atoms with E-state index in [1.54, 1.807) is 41.9 Å². The van der Waals surface area contributed by atoms with Crippen LogP contribution in [0.2, 0.25) is 0 Å².